The molecular formula is C9H7NO4S. The Morgan fingerprint density at radius 3 is 2.40 bits per heavy atom. The first-order chi connectivity index (χ1) is 7.07. The van der Waals surface area contributed by atoms with Gasteiger partial charge in [0.15, 0.2) is 0 Å². The Balaban J connectivity index is 2.46. The van der Waals surface area contributed by atoms with Crippen LogP contribution >= 0.6 is 0 Å². The van der Waals surface area contributed by atoms with E-state index < -0.39 is 15.3 Å². The Hall–Kier alpha value is -1.66. The lowest BCUT2D eigenvalue weighted by Crippen LogP contribution is -1.97. The Morgan fingerprint density at radius 1 is 1.20 bits per heavy atom. The first-order valence-corrected chi connectivity index (χ1v) is 5.50. The molecule has 2 aromatic rings. The molecule has 1 N–H and O–H groups in total. The smallest absolute Gasteiger partial charge is 0.347 e. The molecule has 1 aromatic heterocycles. The predicted molar refractivity (Wildman–Crippen MR) is 51.8 cm³/mol. The van der Waals surface area contributed by atoms with Crippen molar-refractivity contribution in [1.82, 2.24) is 4.98 Å². The van der Waals surface area contributed by atoms with Gasteiger partial charge in [0.1, 0.15) is 12.0 Å². The predicted octanol–water partition coefficient (Wildman–Crippen LogP) is 1.59. The number of benzene rings is 1. The van der Waals surface area contributed by atoms with Crippen LogP contribution < -0.4 is 0 Å². The van der Waals surface area contributed by atoms with Crippen LogP contribution in [0, 0.1) is 0 Å². The Morgan fingerprint density at radius 2 is 1.87 bits per heavy atom. The molecule has 0 spiro atoms. The Labute approximate surface area is 86.1 Å². The van der Waals surface area contributed by atoms with E-state index in [1.54, 1.807) is 24.3 Å². The summed E-state index contributed by atoms with van der Waals surface area (Å²) >= 11 is 0. The van der Waals surface area contributed by atoms with E-state index in [1.807, 2.05) is 6.07 Å². The maximum Gasteiger partial charge on any atom is 0.347 e. The number of oxazole rings is 1. The van der Waals surface area contributed by atoms with Crippen LogP contribution in [0.3, 0.4) is 0 Å². The lowest BCUT2D eigenvalue weighted by molar-refractivity contribution is 0.391. The van der Waals surface area contributed by atoms with Crippen LogP contribution in [0.4, 0.5) is 0 Å². The van der Waals surface area contributed by atoms with Crippen molar-refractivity contribution in [2.75, 3.05) is 0 Å². The van der Waals surface area contributed by atoms with Gasteiger partial charge in [-0.15, -0.1) is 0 Å². The highest BCUT2D eigenvalue weighted by Gasteiger charge is 2.17. The van der Waals surface area contributed by atoms with E-state index in [2.05, 4.69) is 9.40 Å². The molecule has 1 heterocycles. The molecule has 6 heteroatoms. The van der Waals surface area contributed by atoms with Gasteiger partial charge in [-0.3, -0.25) is 4.55 Å². The molecule has 0 amide bonds. The van der Waals surface area contributed by atoms with E-state index in [-0.39, 0.29) is 0 Å². The van der Waals surface area contributed by atoms with Crippen LogP contribution in [0.15, 0.2) is 46.2 Å². The Bertz CT molecular complexity index is 559. The molecule has 5 nitrogen and oxygen atoms in total. The topological polar surface area (TPSA) is 80.4 Å². The van der Waals surface area contributed by atoms with Crippen molar-refractivity contribution in [3.63, 3.8) is 0 Å². The molecule has 0 atom stereocenters. The van der Waals surface area contributed by atoms with E-state index in [0.717, 1.165) is 5.56 Å². The SMILES string of the molecule is O=S(=O)(O)c1nc(-c2ccccc2)co1. The molecule has 78 valence electrons. The molecule has 0 saturated carbocycles. The van der Waals surface area contributed by atoms with Crippen molar-refractivity contribution >= 4 is 10.1 Å². The lowest BCUT2D eigenvalue weighted by atomic mass is 10.2. The molecule has 0 aliphatic rings. The van der Waals surface area contributed by atoms with Crippen LogP contribution in [0.25, 0.3) is 11.3 Å². The normalized spacial score (nSPS) is 11.5. The zero-order chi connectivity index (χ0) is 10.9. The third kappa shape index (κ3) is 2.05. The van der Waals surface area contributed by atoms with E-state index >= 15 is 0 Å². The number of hydrogen-bond donors (Lipinski definition) is 1. The second-order valence-electron chi connectivity index (χ2n) is 2.84. The molecule has 0 aliphatic heterocycles. The zero-order valence-corrected chi connectivity index (χ0v) is 8.31. The minimum absolute atomic E-state index is 0.364. The highest BCUT2D eigenvalue weighted by Crippen LogP contribution is 2.19. The summed E-state index contributed by atoms with van der Waals surface area (Å²) in [7, 11) is -4.37. The van der Waals surface area contributed by atoms with Crippen LogP contribution in [-0.2, 0) is 10.1 Å². The van der Waals surface area contributed by atoms with Gasteiger partial charge in [-0.2, -0.15) is 13.4 Å². The number of hydrogen-bond acceptors (Lipinski definition) is 4. The molecule has 0 saturated heterocycles. The van der Waals surface area contributed by atoms with E-state index in [1.165, 1.54) is 6.26 Å². The van der Waals surface area contributed by atoms with Gasteiger partial charge >= 0.3 is 15.3 Å². The van der Waals surface area contributed by atoms with Crippen LogP contribution in [0.5, 0.6) is 0 Å². The highest BCUT2D eigenvalue weighted by atomic mass is 32.2. The summed E-state index contributed by atoms with van der Waals surface area (Å²) in [6, 6.07) is 8.92. The van der Waals surface area contributed by atoms with Crippen LogP contribution in [0.1, 0.15) is 0 Å². The quantitative estimate of drug-likeness (QED) is 0.785. The number of aromatic nitrogens is 1. The number of nitrogens with zero attached hydrogens (tertiary/aromatic N) is 1. The maximum absolute atomic E-state index is 10.7. The molecule has 1 aromatic carbocycles. The van der Waals surface area contributed by atoms with E-state index in [0.29, 0.717) is 5.69 Å². The minimum Gasteiger partial charge on any atom is -0.434 e. The average Bonchev–Trinajstić information content (AvgIpc) is 2.67. The first kappa shape index (κ1) is 9.88. The summed E-state index contributed by atoms with van der Waals surface area (Å²) in [6.45, 7) is 0. The van der Waals surface area contributed by atoms with Gasteiger partial charge in [-0.1, -0.05) is 30.3 Å². The summed E-state index contributed by atoms with van der Waals surface area (Å²) in [6.07, 6.45) is 1.18. The molecule has 15 heavy (non-hydrogen) atoms. The summed E-state index contributed by atoms with van der Waals surface area (Å²) < 4.78 is 34.7. The van der Waals surface area contributed by atoms with Crippen LogP contribution in [0.2, 0.25) is 0 Å². The second-order valence-corrected chi connectivity index (χ2v) is 4.14. The molecular weight excluding hydrogens is 218 g/mol. The first-order valence-electron chi connectivity index (χ1n) is 4.06. The van der Waals surface area contributed by atoms with Crippen molar-refractivity contribution in [2.45, 2.75) is 5.22 Å². The van der Waals surface area contributed by atoms with Crippen LogP contribution in [-0.4, -0.2) is 18.0 Å². The molecule has 0 bridgehead atoms. The number of rotatable bonds is 2. The lowest BCUT2D eigenvalue weighted by Gasteiger charge is -1.91. The average molecular weight is 225 g/mol. The monoisotopic (exact) mass is 225 g/mol. The fraction of sp³-hybridized carbons (Fsp3) is 0. The minimum atomic E-state index is -4.37. The summed E-state index contributed by atoms with van der Waals surface area (Å²) in [5.74, 6) is 0. The maximum atomic E-state index is 10.7. The molecule has 0 aliphatic carbocycles. The third-order valence-electron chi connectivity index (χ3n) is 1.77. The molecule has 0 fully saturated rings. The van der Waals surface area contributed by atoms with Gasteiger partial charge in [0.25, 0.3) is 0 Å². The summed E-state index contributed by atoms with van der Waals surface area (Å²) in [5, 5.41) is -0.693. The van der Waals surface area contributed by atoms with Crippen molar-refractivity contribution in [2.24, 2.45) is 0 Å². The Kier molecular flexibility index (Phi) is 2.29. The van der Waals surface area contributed by atoms with Crippen molar-refractivity contribution in [1.29, 1.82) is 0 Å². The highest BCUT2D eigenvalue weighted by molar-refractivity contribution is 7.85. The van der Waals surface area contributed by atoms with Crippen molar-refractivity contribution in [3.8, 4) is 11.3 Å². The zero-order valence-electron chi connectivity index (χ0n) is 7.49. The van der Waals surface area contributed by atoms with Crippen molar-refractivity contribution < 1.29 is 17.4 Å². The summed E-state index contributed by atoms with van der Waals surface area (Å²) in [4.78, 5) is 3.65. The van der Waals surface area contributed by atoms with Gasteiger partial charge in [-0.05, 0) is 0 Å². The van der Waals surface area contributed by atoms with Gasteiger partial charge in [-0.25, -0.2) is 0 Å². The van der Waals surface area contributed by atoms with Crippen molar-refractivity contribution in [3.05, 3.63) is 36.6 Å². The largest absolute Gasteiger partial charge is 0.434 e. The van der Waals surface area contributed by atoms with Gasteiger partial charge < -0.3 is 4.42 Å². The second kappa shape index (κ2) is 3.48. The third-order valence-corrected chi connectivity index (χ3v) is 2.40. The van der Waals surface area contributed by atoms with E-state index in [4.69, 9.17) is 4.55 Å². The fourth-order valence-electron chi connectivity index (χ4n) is 1.12. The standard InChI is InChI=1S/C9H7NO4S/c11-15(12,13)9-10-8(6-14-9)7-4-2-1-3-5-7/h1-6H,(H,11,12,13). The van der Waals surface area contributed by atoms with Gasteiger partial charge in [0.2, 0.25) is 0 Å². The molecule has 0 radical (unpaired) electrons. The van der Waals surface area contributed by atoms with Gasteiger partial charge in [0.05, 0.1) is 0 Å². The van der Waals surface area contributed by atoms with E-state index in [9.17, 15) is 8.42 Å². The fourth-order valence-corrected chi connectivity index (χ4v) is 1.50. The molecule has 2 rings (SSSR count). The summed E-state index contributed by atoms with van der Waals surface area (Å²) in [5.41, 5.74) is 1.08. The van der Waals surface area contributed by atoms with Gasteiger partial charge in [0, 0.05) is 5.56 Å². The molecule has 0 unspecified atom stereocenters.